The molecule has 1 heterocycles. The van der Waals surface area contributed by atoms with E-state index >= 15 is 0 Å². The standard InChI is InChI=1S/C17H32N2O2/c1-13-6-5-7-14(10-13)8-9-18-15-11-19(12-15)16(20)21-17(2,3)4/h13-15,18H,5-12H2,1-4H3. The average molecular weight is 296 g/mol. The molecule has 1 aliphatic carbocycles. The zero-order valence-electron chi connectivity index (χ0n) is 14.2. The summed E-state index contributed by atoms with van der Waals surface area (Å²) in [5.74, 6) is 1.82. The van der Waals surface area contributed by atoms with E-state index in [1.807, 2.05) is 20.8 Å². The number of likely N-dealkylation sites (tertiary alicyclic amines) is 1. The highest BCUT2D eigenvalue weighted by molar-refractivity contribution is 5.69. The van der Waals surface area contributed by atoms with E-state index in [-0.39, 0.29) is 6.09 Å². The molecule has 1 N–H and O–H groups in total. The number of carbonyl (C=O) groups is 1. The Hall–Kier alpha value is -0.770. The molecular weight excluding hydrogens is 264 g/mol. The van der Waals surface area contributed by atoms with Gasteiger partial charge < -0.3 is 15.0 Å². The molecule has 2 unspecified atom stereocenters. The van der Waals surface area contributed by atoms with Gasteiger partial charge in [-0.15, -0.1) is 0 Å². The topological polar surface area (TPSA) is 41.6 Å². The summed E-state index contributed by atoms with van der Waals surface area (Å²) in [5.41, 5.74) is -0.396. The van der Waals surface area contributed by atoms with E-state index in [2.05, 4.69) is 12.2 Å². The molecule has 2 rings (SSSR count). The number of amides is 1. The lowest BCUT2D eigenvalue weighted by Crippen LogP contribution is -2.60. The van der Waals surface area contributed by atoms with Crippen LogP contribution in [0.4, 0.5) is 4.79 Å². The highest BCUT2D eigenvalue weighted by Gasteiger charge is 2.33. The third-order valence-corrected chi connectivity index (χ3v) is 4.56. The van der Waals surface area contributed by atoms with Crippen LogP contribution in [-0.2, 0) is 4.74 Å². The van der Waals surface area contributed by atoms with Crippen LogP contribution >= 0.6 is 0 Å². The summed E-state index contributed by atoms with van der Waals surface area (Å²) in [5, 5.41) is 3.58. The van der Waals surface area contributed by atoms with Crippen molar-refractivity contribution in [2.24, 2.45) is 11.8 Å². The second kappa shape index (κ2) is 6.99. The van der Waals surface area contributed by atoms with Crippen molar-refractivity contribution in [3.8, 4) is 0 Å². The first kappa shape index (κ1) is 16.6. The van der Waals surface area contributed by atoms with Gasteiger partial charge in [0, 0.05) is 19.1 Å². The van der Waals surface area contributed by atoms with Crippen molar-refractivity contribution >= 4 is 6.09 Å². The highest BCUT2D eigenvalue weighted by Crippen LogP contribution is 2.30. The van der Waals surface area contributed by atoms with Crippen molar-refractivity contribution in [3.05, 3.63) is 0 Å². The number of nitrogens with one attached hydrogen (secondary N) is 1. The Labute approximate surface area is 129 Å². The Bertz CT molecular complexity index is 345. The monoisotopic (exact) mass is 296 g/mol. The predicted octanol–water partition coefficient (Wildman–Crippen LogP) is 3.41. The molecule has 4 nitrogen and oxygen atoms in total. The van der Waals surface area contributed by atoms with Gasteiger partial charge >= 0.3 is 6.09 Å². The van der Waals surface area contributed by atoms with E-state index in [9.17, 15) is 4.79 Å². The molecule has 122 valence electrons. The molecule has 1 amide bonds. The maximum absolute atomic E-state index is 11.8. The minimum Gasteiger partial charge on any atom is -0.444 e. The summed E-state index contributed by atoms with van der Waals surface area (Å²) in [6, 6.07) is 0.457. The molecule has 0 radical (unpaired) electrons. The van der Waals surface area contributed by atoms with Crippen molar-refractivity contribution < 1.29 is 9.53 Å². The summed E-state index contributed by atoms with van der Waals surface area (Å²) < 4.78 is 5.36. The predicted molar refractivity (Wildman–Crippen MR) is 85.3 cm³/mol. The summed E-state index contributed by atoms with van der Waals surface area (Å²) in [6.45, 7) is 10.8. The summed E-state index contributed by atoms with van der Waals surface area (Å²) in [4.78, 5) is 13.6. The maximum atomic E-state index is 11.8. The van der Waals surface area contributed by atoms with Crippen molar-refractivity contribution in [2.75, 3.05) is 19.6 Å². The zero-order valence-corrected chi connectivity index (χ0v) is 14.2. The molecule has 0 aromatic carbocycles. The van der Waals surface area contributed by atoms with Crippen molar-refractivity contribution in [1.29, 1.82) is 0 Å². The lowest BCUT2D eigenvalue weighted by molar-refractivity contribution is 0.00519. The van der Waals surface area contributed by atoms with Gasteiger partial charge in [-0.05, 0) is 52.0 Å². The van der Waals surface area contributed by atoms with Crippen LogP contribution in [0, 0.1) is 11.8 Å². The molecule has 1 aliphatic heterocycles. The first-order chi connectivity index (χ1) is 9.83. The Morgan fingerprint density at radius 1 is 1.29 bits per heavy atom. The minimum absolute atomic E-state index is 0.179. The van der Waals surface area contributed by atoms with Gasteiger partial charge in [-0.2, -0.15) is 0 Å². The number of hydrogen-bond donors (Lipinski definition) is 1. The van der Waals surface area contributed by atoms with Gasteiger partial charge in [-0.25, -0.2) is 4.79 Å². The van der Waals surface area contributed by atoms with E-state index in [1.54, 1.807) is 4.90 Å². The Balaban J connectivity index is 1.55. The molecule has 0 bridgehead atoms. The second-order valence-electron chi connectivity index (χ2n) is 7.96. The van der Waals surface area contributed by atoms with E-state index in [4.69, 9.17) is 4.74 Å². The van der Waals surface area contributed by atoms with E-state index in [0.717, 1.165) is 31.5 Å². The Morgan fingerprint density at radius 3 is 2.62 bits per heavy atom. The summed E-state index contributed by atoms with van der Waals surface area (Å²) in [7, 11) is 0. The number of hydrogen-bond acceptors (Lipinski definition) is 3. The fraction of sp³-hybridized carbons (Fsp3) is 0.941. The molecule has 2 aliphatic rings. The van der Waals surface area contributed by atoms with Gasteiger partial charge in [0.15, 0.2) is 0 Å². The lowest BCUT2D eigenvalue weighted by atomic mass is 9.81. The van der Waals surface area contributed by atoms with Gasteiger partial charge in [-0.3, -0.25) is 0 Å². The van der Waals surface area contributed by atoms with Crippen LogP contribution in [0.25, 0.3) is 0 Å². The molecule has 2 fully saturated rings. The van der Waals surface area contributed by atoms with Crippen LogP contribution in [0.5, 0.6) is 0 Å². The van der Waals surface area contributed by atoms with Gasteiger partial charge in [0.1, 0.15) is 5.60 Å². The highest BCUT2D eigenvalue weighted by atomic mass is 16.6. The van der Waals surface area contributed by atoms with Crippen LogP contribution in [0.15, 0.2) is 0 Å². The normalized spacial score (nSPS) is 27.3. The van der Waals surface area contributed by atoms with Crippen molar-refractivity contribution in [2.45, 2.75) is 71.4 Å². The largest absolute Gasteiger partial charge is 0.444 e. The molecule has 1 saturated carbocycles. The summed E-state index contributed by atoms with van der Waals surface area (Å²) >= 11 is 0. The molecular formula is C17H32N2O2. The third-order valence-electron chi connectivity index (χ3n) is 4.56. The van der Waals surface area contributed by atoms with Crippen molar-refractivity contribution in [1.82, 2.24) is 10.2 Å². The van der Waals surface area contributed by atoms with E-state index in [1.165, 1.54) is 32.1 Å². The van der Waals surface area contributed by atoms with E-state index in [0.29, 0.717) is 6.04 Å². The molecule has 0 aromatic heterocycles. The van der Waals surface area contributed by atoms with Crippen LogP contribution in [0.3, 0.4) is 0 Å². The first-order valence-electron chi connectivity index (χ1n) is 8.55. The molecule has 0 aromatic rings. The zero-order chi connectivity index (χ0) is 15.5. The molecule has 21 heavy (non-hydrogen) atoms. The second-order valence-corrected chi connectivity index (χ2v) is 7.96. The van der Waals surface area contributed by atoms with E-state index < -0.39 is 5.60 Å². The molecule has 0 spiro atoms. The Morgan fingerprint density at radius 2 is 2.00 bits per heavy atom. The van der Waals surface area contributed by atoms with Crippen LogP contribution < -0.4 is 5.32 Å². The van der Waals surface area contributed by atoms with Gasteiger partial charge in [0.2, 0.25) is 0 Å². The number of ether oxygens (including phenoxy) is 1. The van der Waals surface area contributed by atoms with Crippen molar-refractivity contribution in [3.63, 3.8) is 0 Å². The smallest absolute Gasteiger partial charge is 0.410 e. The summed E-state index contributed by atoms with van der Waals surface area (Å²) in [6.07, 6.45) is 6.73. The van der Waals surface area contributed by atoms with Crippen LogP contribution in [0.2, 0.25) is 0 Å². The van der Waals surface area contributed by atoms with Crippen LogP contribution in [0.1, 0.15) is 59.8 Å². The fourth-order valence-corrected chi connectivity index (χ4v) is 3.40. The average Bonchev–Trinajstić information content (AvgIpc) is 2.29. The number of rotatable bonds is 4. The molecule has 1 saturated heterocycles. The Kier molecular flexibility index (Phi) is 5.53. The van der Waals surface area contributed by atoms with Gasteiger partial charge in [0.05, 0.1) is 0 Å². The maximum Gasteiger partial charge on any atom is 0.410 e. The third kappa shape index (κ3) is 5.50. The molecule has 4 heteroatoms. The van der Waals surface area contributed by atoms with Gasteiger partial charge in [0.25, 0.3) is 0 Å². The quantitative estimate of drug-likeness (QED) is 0.864. The number of carbonyl (C=O) groups excluding carboxylic acids is 1. The molecule has 2 atom stereocenters. The number of nitrogens with zero attached hydrogens (tertiary/aromatic N) is 1. The minimum atomic E-state index is -0.396. The fourth-order valence-electron chi connectivity index (χ4n) is 3.40. The van der Waals surface area contributed by atoms with Crippen LogP contribution in [-0.4, -0.2) is 42.3 Å². The SMILES string of the molecule is CC1CCCC(CCNC2CN(C(=O)OC(C)(C)C)C2)C1. The lowest BCUT2D eigenvalue weighted by Gasteiger charge is -2.40. The van der Waals surface area contributed by atoms with Gasteiger partial charge in [-0.1, -0.05) is 26.2 Å². The first-order valence-corrected chi connectivity index (χ1v) is 8.55.